The van der Waals surface area contributed by atoms with Gasteiger partial charge in [0.15, 0.2) is 17.5 Å². The second-order valence-electron chi connectivity index (χ2n) is 5.00. The first-order chi connectivity index (χ1) is 10.1. The lowest BCUT2D eigenvalue weighted by Gasteiger charge is -2.23. The minimum atomic E-state index is -1.41. The van der Waals surface area contributed by atoms with E-state index in [1.807, 2.05) is 24.3 Å². The van der Waals surface area contributed by atoms with Crippen molar-refractivity contribution in [2.45, 2.75) is 22.6 Å². The summed E-state index contributed by atoms with van der Waals surface area (Å²) in [6.07, 6.45) is 0.769. The van der Waals surface area contributed by atoms with E-state index in [0.717, 1.165) is 17.4 Å². The Balaban J connectivity index is 1.93. The van der Waals surface area contributed by atoms with Crippen LogP contribution < -0.4 is 5.32 Å². The Morgan fingerprint density at radius 1 is 1.10 bits per heavy atom. The maximum Gasteiger partial charge on any atom is 0.194 e. The van der Waals surface area contributed by atoms with Crippen LogP contribution in [0.25, 0.3) is 0 Å². The van der Waals surface area contributed by atoms with Crippen LogP contribution in [0.1, 0.15) is 17.2 Å². The van der Waals surface area contributed by atoms with Crippen LogP contribution in [-0.2, 0) is 6.42 Å². The molecule has 0 aromatic heterocycles. The predicted molar refractivity (Wildman–Crippen MR) is 77.9 cm³/mol. The first kappa shape index (κ1) is 14.5. The largest absolute Gasteiger partial charge is 0.312 e. The van der Waals surface area contributed by atoms with Crippen LogP contribution in [0.4, 0.5) is 13.2 Å². The van der Waals surface area contributed by atoms with Crippen LogP contribution in [0.2, 0.25) is 0 Å². The Kier molecular flexibility index (Phi) is 3.95. The molecule has 2 unspecified atom stereocenters. The average molecular weight is 309 g/mol. The number of thioether (sulfide) groups is 1. The second kappa shape index (κ2) is 5.73. The van der Waals surface area contributed by atoms with E-state index in [0.29, 0.717) is 0 Å². The van der Waals surface area contributed by atoms with E-state index in [2.05, 4.69) is 5.32 Å². The maximum atomic E-state index is 14.0. The minimum Gasteiger partial charge on any atom is -0.312 e. The zero-order valence-electron chi connectivity index (χ0n) is 11.4. The predicted octanol–water partition coefficient (Wildman–Crippen LogP) is 4.08. The molecule has 1 aliphatic rings. The standard InChI is InChI=1S/C16H14F3NS/c1-20-16(10-6-7-11(17)15(19)14(10)18)13-8-9-4-2-3-5-12(9)21-13/h2-7,13,16,20H,8H2,1H3. The van der Waals surface area contributed by atoms with E-state index in [4.69, 9.17) is 0 Å². The fraction of sp³-hybridized carbons (Fsp3) is 0.250. The van der Waals surface area contributed by atoms with Gasteiger partial charge in [0, 0.05) is 21.8 Å². The van der Waals surface area contributed by atoms with Crippen LogP contribution in [0.5, 0.6) is 0 Å². The van der Waals surface area contributed by atoms with Gasteiger partial charge in [0.2, 0.25) is 0 Å². The molecule has 2 aromatic rings. The lowest BCUT2D eigenvalue weighted by molar-refractivity contribution is 0.427. The van der Waals surface area contributed by atoms with Gasteiger partial charge in [-0.2, -0.15) is 0 Å². The molecule has 1 heterocycles. The van der Waals surface area contributed by atoms with Crippen LogP contribution >= 0.6 is 11.8 Å². The normalized spacial score (nSPS) is 18.6. The summed E-state index contributed by atoms with van der Waals surface area (Å²) >= 11 is 1.64. The van der Waals surface area contributed by atoms with Crippen molar-refractivity contribution < 1.29 is 13.2 Å². The van der Waals surface area contributed by atoms with Gasteiger partial charge in [-0.05, 0) is 31.2 Å². The van der Waals surface area contributed by atoms with Gasteiger partial charge in [-0.3, -0.25) is 0 Å². The van der Waals surface area contributed by atoms with Crippen molar-refractivity contribution in [3.63, 3.8) is 0 Å². The zero-order valence-corrected chi connectivity index (χ0v) is 12.2. The van der Waals surface area contributed by atoms with Crippen molar-refractivity contribution in [1.29, 1.82) is 0 Å². The van der Waals surface area contributed by atoms with E-state index in [-0.39, 0.29) is 16.9 Å². The third-order valence-electron chi connectivity index (χ3n) is 3.75. The van der Waals surface area contributed by atoms with Gasteiger partial charge in [-0.1, -0.05) is 24.3 Å². The fourth-order valence-electron chi connectivity index (χ4n) is 2.72. The molecule has 0 saturated carbocycles. The summed E-state index contributed by atoms with van der Waals surface area (Å²) in [6.45, 7) is 0. The summed E-state index contributed by atoms with van der Waals surface area (Å²) < 4.78 is 40.5. The molecule has 2 atom stereocenters. The monoisotopic (exact) mass is 309 g/mol. The molecule has 0 amide bonds. The van der Waals surface area contributed by atoms with Crippen LogP contribution in [0.15, 0.2) is 41.3 Å². The molecule has 5 heteroatoms. The molecule has 0 fully saturated rings. The molecule has 1 N–H and O–H groups in total. The van der Waals surface area contributed by atoms with Gasteiger partial charge >= 0.3 is 0 Å². The van der Waals surface area contributed by atoms with Crippen LogP contribution in [0, 0.1) is 17.5 Å². The molecule has 3 rings (SSSR count). The Morgan fingerprint density at radius 3 is 2.57 bits per heavy atom. The van der Waals surface area contributed by atoms with Crippen molar-refractivity contribution in [1.82, 2.24) is 5.32 Å². The van der Waals surface area contributed by atoms with Crippen molar-refractivity contribution in [3.05, 3.63) is 65.0 Å². The number of hydrogen-bond donors (Lipinski definition) is 1. The smallest absolute Gasteiger partial charge is 0.194 e. The first-order valence-electron chi connectivity index (χ1n) is 6.67. The molecular weight excluding hydrogens is 295 g/mol. The summed E-state index contributed by atoms with van der Waals surface area (Å²) in [5, 5.41) is 3.08. The lowest BCUT2D eigenvalue weighted by atomic mass is 9.98. The second-order valence-corrected chi connectivity index (χ2v) is 6.28. The van der Waals surface area contributed by atoms with Gasteiger partial charge in [0.05, 0.1) is 0 Å². The van der Waals surface area contributed by atoms with Crippen molar-refractivity contribution in [2.75, 3.05) is 7.05 Å². The van der Waals surface area contributed by atoms with Crippen LogP contribution in [0.3, 0.4) is 0 Å². The van der Waals surface area contributed by atoms with Gasteiger partial charge in [-0.15, -0.1) is 11.8 Å². The molecule has 0 saturated heterocycles. The molecule has 1 nitrogen and oxygen atoms in total. The van der Waals surface area contributed by atoms with Crippen molar-refractivity contribution in [2.24, 2.45) is 0 Å². The molecule has 1 aliphatic heterocycles. The number of nitrogens with one attached hydrogen (secondary N) is 1. The molecule has 0 radical (unpaired) electrons. The molecule has 0 spiro atoms. The summed E-state index contributed by atoms with van der Waals surface area (Å²) in [5.41, 5.74) is 1.37. The van der Waals surface area contributed by atoms with E-state index in [1.54, 1.807) is 18.8 Å². The maximum absolute atomic E-state index is 14.0. The lowest BCUT2D eigenvalue weighted by Crippen LogP contribution is -2.28. The number of fused-ring (bicyclic) bond motifs is 1. The summed E-state index contributed by atoms with van der Waals surface area (Å²) in [5.74, 6) is -3.67. The van der Waals surface area contributed by atoms with Crippen molar-refractivity contribution in [3.8, 4) is 0 Å². The Morgan fingerprint density at radius 2 is 1.86 bits per heavy atom. The number of hydrogen-bond acceptors (Lipinski definition) is 2. The third-order valence-corrected chi connectivity index (χ3v) is 5.15. The Hall–Kier alpha value is -1.46. The van der Waals surface area contributed by atoms with E-state index in [9.17, 15) is 13.2 Å². The van der Waals surface area contributed by atoms with Crippen molar-refractivity contribution >= 4 is 11.8 Å². The highest BCUT2D eigenvalue weighted by Gasteiger charge is 2.32. The van der Waals surface area contributed by atoms with E-state index in [1.165, 1.54) is 11.6 Å². The summed E-state index contributed by atoms with van der Waals surface area (Å²) in [7, 11) is 1.70. The van der Waals surface area contributed by atoms with Gasteiger partial charge in [-0.25, -0.2) is 13.2 Å². The highest BCUT2D eigenvalue weighted by molar-refractivity contribution is 8.00. The van der Waals surface area contributed by atoms with Crippen LogP contribution in [-0.4, -0.2) is 12.3 Å². The first-order valence-corrected chi connectivity index (χ1v) is 7.55. The summed E-state index contributed by atoms with van der Waals surface area (Å²) in [4.78, 5) is 1.16. The molecular formula is C16H14F3NS. The Bertz CT molecular complexity index is 650. The number of halogens is 3. The number of benzene rings is 2. The third kappa shape index (κ3) is 2.56. The van der Waals surface area contributed by atoms with Gasteiger partial charge in [0.1, 0.15) is 0 Å². The topological polar surface area (TPSA) is 12.0 Å². The minimum absolute atomic E-state index is 0.0479. The molecule has 0 bridgehead atoms. The fourth-order valence-corrected chi connectivity index (χ4v) is 4.19. The van der Waals surface area contributed by atoms with E-state index >= 15 is 0 Å². The molecule has 2 aromatic carbocycles. The highest BCUT2D eigenvalue weighted by Crippen LogP contribution is 2.43. The van der Waals surface area contributed by atoms with Gasteiger partial charge in [0.25, 0.3) is 0 Å². The molecule has 110 valence electrons. The SMILES string of the molecule is CNC(c1ccc(F)c(F)c1F)C1Cc2ccccc2S1. The molecule has 21 heavy (non-hydrogen) atoms. The average Bonchev–Trinajstić information content (AvgIpc) is 2.91. The zero-order chi connectivity index (χ0) is 15.0. The highest BCUT2D eigenvalue weighted by atomic mass is 32.2. The number of rotatable bonds is 3. The Labute approximate surface area is 125 Å². The molecule has 0 aliphatic carbocycles. The van der Waals surface area contributed by atoms with Gasteiger partial charge < -0.3 is 5.32 Å². The quantitative estimate of drug-likeness (QED) is 0.857. The van der Waals surface area contributed by atoms with E-state index < -0.39 is 17.5 Å². The summed E-state index contributed by atoms with van der Waals surface area (Å²) in [6, 6.07) is 9.90.